The fraction of sp³-hybridized carbons (Fsp3) is 0.600. The normalized spacial score (nSPS) is 24.4. The summed E-state index contributed by atoms with van der Waals surface area (Å²) in [7, 11) is 0. The lowest BCUT2D eigenvalue weighted by atomic mass is 10.1. The molecule has 1 heterocycles. The largest absolute Gasteiger partial charge is 0.395 e. The zero-order valence-electron chi connectivity index (χ0n) is 5.37. The second-order valence-corrected chi connectivity index (χ2v) is 2.02. The summed E-state index contributed by atoms with van der Waals surface area (Å²) in [5.74, 6) is -0.798. The van der Waals surface area contributed by atoms with E-state index in [9.17, 15) is 4.79 Å². The van der Waals surface area contributed by atoms with Gasteiger partial charge in [0.1, 0.15) is 5.92 Å². The summed E-state index contributed by atoms with van der Waals surface area (Å²) in [5.41, 5.74) is 7.98. The van der Waals surface area contributed by atoms with E-state index in [1.807, 2.05) is 0 Å². The lowest BCUT2D eigenvalue weighted by Gasteiger charge is -2.02. The lowest BCUT2D eigenvalue weighted by Crippen LogP contribution is -2.29. The van der Waals surface area contributed by atoms with Crippen LogP contribution < -0.4 is 11.2 Å². The van der Waals surface area contributed by atoms with Crippen LogP contribution in [-0.2, 0) is 4.79 Å². The number of rotatable bonds is 2. The molecule has 0 spiro atoms. The van der Waals surface area contributed by atoms with Gasteiger partial charge in [0.25, 0.3) is 5.91 Å². The summed E-state index contributed by atoms with van der Waals surface area (Å²) in [6.07, 6.45) is 0. The Morgan fingerprint density at radius 2 is 2.50 bits per heavy atom. The second-order valence-electron chi connectivity index (χ2n) is 2.02. The van der Waals surface area contributed by atoms with Gasteiger partial charge in [-0.1, -0.05) is 0 Å². The zero-order valence-corrected chi connectivity index (χ0v) is 5.37. The molecule has 5 heteroatoms. The predicted molar refractivity (Wildman–Crippen MR) is 35.2 cm³/mol. The first-order valence-electron chi connectivity index (χ1n) is 2.96. The molecular weight excluding hydrogens is 134 g/mol. The van der Waals surface area contributed by atoms with Crippen molar-refractivity contribution in [2.45, 2.75) is 0 Å². The van der Waals surface area contributed by atoms with Crippen LogP contribution in [0.5, 0.6) is 0 Å². The van der Waals surface area contributed by atoms with E-state index in [1.165, 1.54) is 0 Å². The van der Waals surface area contributed by atoms with E-state index in [0.29, 0.717) is 5.71 Å². The molecule has 4 N–H and O–H groups in total. The highest BCUT2D eigenvalue weighted by atomic mass is 16.3. The summed E-state index contributed by atoms with van der Waals surface area (Å²) in [5, 5.41) is 12.3. The Bertz CT molecular complexity index is 178. The fourth-order valence-electron chi connectivity index (χ4n) is 0.810. The number of nitrogens with one attached hydrogen (secondary N) is 1. The van der Waals surface area contributed by atoms with Gasteiger partial charge in [0, 0.05) is 6.54 Å². The molecule has 0 aromatic carbocycles. The van der Waals surface area contributed by atoms with E-state index in [4.69, 9.17) is 10.8 Å². The molecule has 0 aromatic heterocycles. The topological polar surface area (TPSA) is 87.7 Å². The number of amides is 1. The fourth-order valence-corrected chi connectivity index (χ4v) is 0.810. The zero-order chi connectivity index (χ0) is 7.56. The second kappa shape index (κ2) is 2.76. The van der Waals surface area contributed by atoms with E-state index in [0.717, 1.165) is 0 Å². The van der Waals surface area contributed by atoms with Gasteiger partial charge in [-0.25, -0.2) is 5.43 Å². The summed E-state index contributed by atoms with van der Waals surface area (Å²) in [6.45, 7) is -0.00810. The van der Waals surface area contributed by atoms with Crippen LogP contribution in [0.15, 0.2) is 5.10 Å². The first kappa shape index (κ1) is 7.17. The van der Waals surface area contributed by atoms with Crippen molar-refractivity contribution in [3.05, 3.63) is 0 Å². The molecule has 0 bridgehead atoms. The maximum Gasteiger partial charge on any atom is 0.251 e. The summed E-state index contributed by atoms with van der Waals surface area (Å²) < 4.78 is 0. The maximum absolute atomic E-state index is 10.7. The minimum Gasteiger partial charge on any atom is -0.395 e. The van der Waals surface area contributed by atoms with Crippen molar-refractivity contribution in [2.75, 3.05) is 13.2 Å². The van der Waals surface area contributed by atoms with Crippen LogP contribution in [0.2, 0.25) is 0 Å². The SMILES string of the molecule is NCC1=NNC(=O)C1CO. The Labute approximate surface area is 57.9 Å². The van der Waals surface area contributed by atoms with E-state index >= 15 is 0 Å². The number of carbonyl (C=O) groups excluding carboxylic acids is 1. The smallest absolute Gasteiger partial charge is 0.251 e. The van der Waals surface area contributed by atoms with Gasteiger partial charge in [-0.05, 0) is 0 Å². The molecule has 56 valence electrons. The van der Waals surface area contributed by atoms with Crippen molar-refractivity contribution >= 4 is 11.6 Å². The molecule has 1 aliphatic rings. The third-order valence-corrected chi connectivity index (χ3v) is 1.42. The summed E-state index contributed by atoms with van der Waals surface area (Å²) >= 11 is 0. The van der Waals surface area contributed by atoms with Crippen LogP contribution in [-0.4, -0.2) is 29.9 Å². The van der Waals surface area contributed by atoms with Crippen LogP contribution in [0.3, 0.4) is 0 Å². The Morgan fingerprint density at radius 3 is 2.90 bits per heavy atom. The van der Waals surface area contributed by atoms with Crippen LogP contribution in [0.25, 0.3) is 0 Å². The molecule has 10 heavy (non-hydrogen) atoms. The number of hydrazone groups is 1. The third-order valence-electron chi connectivity index (χ3n) is 1.42. The van der Waals surface area contributed by atoms with Gasteiger partial charge < -0.3 is 10.8 Å². The number of carbonyl (C=O) groups is 1. The van der Waals surface area contributed by atoms with Gasteiger partial charge in [-0.15, -0.1) is 0 Å². The number of aliphatic hydroxyl groups excluding tert-OH is 1. The molecule has 5 nitrogen and oxygen atoms in total. The highest BCUT2D eigenvalue weighted by Gasteiger charge is 2.27. The number of nitrogens with two attached hydrogens (primary N) is 1. The maximum atomic E-state index is 10.7. The molecule has 1 aliphatic heterocycles. The van der Waals surface area contributed by atoms with Crippen molar-refractivity contribution < 1.29 is 9.90 Å². The molecular formula is C5H9N3O2. The lowest BCUT2D eigenvalue weighted by molar-refractivity contribution is -0.122. The van der Waals surface area contributed by atoms with Crippen LogP contribution in [0.4, 0.5) is 0 Å². The molecule has 0 aliphatic carbocycles. The number of hydrogen-bond acceptors (Lipinski definition) is 4. The first-order valence-corrected chi connectivity index (χ1v) is 2.96. The van der Waals surface area contributed by atoms with Gasteiger partial charge in [0.15, 0.2) is 0 Å². The van der Waals surface area contributed by atoms with E-state index in [-0.39, 0.29) is 19.1 Å². The monoisotopic (exact) mass is 143 g/mol. The van der Waals surface area contributed by atoms with E-state index < -0.39 is 5.92 Å². The van der Waals surface area contributed by atoms with Gasteiger partial charge in [-0.2, -0.15) is 5.10 Å². The van der Waals surface area contributed by atoms with E-state index in [1.54, 1.807) is 0 Å². The molecule has 0 aromatic rings. The van der Waals surface area contributed by atoms with Gasteiger partial charge in [-0.3, -0.25) is 4.79 Å². The van der Waals surface area contributed by atoms with Crippen molar-refractivity contribution in [2.24, 2.45) is 16.8 Å². The molecule has 0 radical (unpaired) electrons. The minimum atomic E-state index is -0.523. The number of aliphatic hydroxyl groups is 1. The quantitative estimate of drug-likeness (QED) is 0.419. The molecule has 0 fully saturated rings. The van der Waals surface area contributed by atoms with Gasteiger partial charge in [0.05, 0.1) is 12.3 Å². The summed E-state index contributed by atoms with van der Waals surface area (Å²) in [4.78, 5) is 10.7. The average molecular weight is 143 g/mol. The molecule has 0 saturated carbocycles. The summed E-state index contributed by atoms with van der Waals surface area (Å²) in [6, 6.07) is 0. The number of hydrogen-bond donors (Lipinski definition) is 3. The highest BCUT2D eigenvalue weighted by Crippen LogP contribution is 2.03. The average Bonchev–Trinajstić information content (AvgIpc) is 2.30. The standard InChI is InChI=1S/C5H9N3O2/c6-1-4-3(2-9)5(10)8-7-4/h3,9H,1-2,6H2,(H,8,10). The van der Waals surface area contributed by atoms with Crippen molar-refractivity contribution in [1.82, 2.24) is 5.43 Å². The molecule has 0 saturated heterocycles. The Balaban J connectivity index is 2.66. The Kier molecular flexibility index (Phi) is 1.98. The first-order chi connectivity index (χ1) is 4.79. The highest BCUT2D eigenvalue weighted by molar-refractivity contribution is 6.08. The van der Waals surface area contributed by atoms with Gasteiger partial charge in [0.2, 0.25) is 0 Å². The number of nitrogens with zero attached hydrogens (tertiary/aromatic N) is 1. The van der Waals surface area contributed by atoms with Crippen LogP contribution >= 0.6 is 0 Å². The van der Waals surface area contributed by atoms with Crippen molar-refractivity contribution in [3.63, 3.8) is 0 Å². The third kappa shape index (κ3) is 1.01. The molecule has 1 rings (SSSR count). The molecule has 1 amide bonds. The predicted octanol–water partition coefficient (Wildman–Crippen LogP) is -1.96. The van der Waals surface area contributed by atoms with Crippen LogP contribution in [0, 0.1) is 5.92 Å². The van der Waals surface area contributed by atoms with Crippen LogP contribution in [0.1, 0.15) is 0 Å². The Morgan fingerprint density at radius 1 is 1.80 bits per heavy atom. The minimum absolute atomic E-state index is 0.212. The van der Waals surface area contributed by atoms with Crippen molar-refractivity contribution in [1.29, 1.82) is 0 Å². The van der Waals surface area contributed by atoms with Crippen molar-refractivity contribution in [3.8, 4) is 0 Å². The molecule has 1 unspecified atom stereocenters. The molecule has 1 atom stereocenters. The van der Waals surface area contributed by atoms with E-state index in [2.05, 4.69) is 10.5 Å². The Hall–Kier alpha value is -0.940. The van der Waals surface area contributed by atoms with Gasteiger partial charge >= 0.3 is 0 Å².